The number of hydrogen-bond donors (Lipinski definition) is 1. The van der Waals surface area contributed by atoms with Crippen LogP contribution in [-0.4, -0.2) is 12.6 Å². The smallest absolute Gasteiger partial charge is 0.124 e. The van der Waals surface area contributed by atoms with Gasteiger partial charge in [0, 0.05) is 11.6 Å². The fourth-order valence-corrected chi connectivity index (χ4v) is 1.77. The zero-order valence-electron chi connectivity index (χ0n) is 12.4. The summed E-state index contributed by atoms with van der Waals surface area (Å²) in [6.45, 7) is 11.9. The van der Waals surface area contributed by atoms with E-state index in [-0.39, 0.29) is 6.10 Å². The summed E-state index contributed by atoms with van der Waals surface area (Å²) in [5, 5.41) is 3.55. The largest absolute Gasteiger partial charge is 0.490 e. The third-order valence-electron chi connectivity index (χ3n) is 3.12. The molecule has 0 radical (unpaired) electrons. The molecule has 0 saturated heterocycles. The summed E-state index contributed by atoms with van der Waals surface area (Å²) in [6.07, 6.45) is 1.30. The Balaban J connectivity index is 2.74. The van der Waals surface area contributed by atoms with Crippen molar-refractivity contribution < 1.29 is 4.74 Å². The quantitative estimate of drug-likeness (QED) is 0.783. The van der Waals surface area contributed by atoms with Gasteiger partial charge in [0.2, 0.25) is 0 Å². The van der Waals surface area contributed by atoms with Crippen molar-refractivity contribution in [1.82, 2.24) is 5.32 Å². The van der Waals surface area contributed by atoms with Crippen molar-refractivity contribution in [1.29, 1.82) is 0 Å². The van der Waals surface area contributed by atoms with E-state index in [0.29, 0.717) is 12.0 Å². The molecule has 0 aliphatic heterocycles. The van der Waals surface area contributed by atoms with Gasteiger partial charge in [-0.2, -0.15) is 0 Å². The van der Waals surface area contributed by atoms with Gasteiger partial charge in [-0.3, -0.25) is 0 Å². The van der Waals surface area contributed by atoms with Crippen LogP contribution in [0, 0.1) is 5.92 Å². The topological polar surface area (TPSA) is 21.3 Å². The molecular formula is C16H27NO. The maximum Gasteiger partial charge on any atom is 0.124 e. The van der Waals surface area contributed by atoms with Crippen molar-refractivity contribution in [3.8, 4) is 5.75 Å². The number of ether oxygens (including phenoxy) is 1. The third kappa shape index (κ3) is 4.69. The molecule has 102 valence electrons. The van der Waals surface area contributed by atoms with Crippen molar-refractivity contribution in [2.45, 2.75) is 53.2 Å². The van der Waals surface area contributed by atoms with E-state index in [1.54, 1.807) is 0 Å². The van der Waals surface area contributed by atoms with Crippen LogP contribution in [0.1, 0.15) is 52.6 Å². The normalized spacial score (nSPS) is 14.6. The summed E-state index contributed by atoms with van der Waals surface area (Å²) in [5.74, 6) is 1.67. The first-order valence-electron chi connectivity index (χ1n) is 7.03. The van der Waals surface area contributed by atoms with E-state index < -0.39 is 0 Å². The predicted octanol–water partition coefficient (Wildman–Crippen LogP) is 4.17. The molecule has 0 bridgehead atoms. The first-order valence-corrected chi connectivity index (χ1v) is 7.03. The van der Waals surface area contributed by atoms with Crippen molar-refractivity contribution in [2.75, 3.05) is 6.54 Å². The number of para-hydroxylation sites is 1. The fourth-order valence-electron chi connectivity index (χ4n) is 1.77. The summed E-state index contributed by atoms with van der Waals surface area (Å²) in [7, 11) is 0. The molecule has 0 aliphatic carbocycles. The van der Waals surface area contributed by atoms with Gasteiger partial charge in [0.25, 0.3) is 0 Å². The van der Waals surface area contributed by atoms with E-state index in [1.807, 2.05) is 6.07 Å². The van der Waals surface area contributed by atoms with E-state index in [1.165, 1.54) is 5.56 Å². The summed E-state index contributed by atoms with van der Waals surface area (Å²) >= 11 is 0. The summed E-state index contributed by atoms with van der Waals surface area (Å²) in [6, 6.07) is 8.65. The first-order chi connectivity index (χ1) is 8.54. The third-order valence-corrected chi connectivity index (χ3v) is 3.12. The molecule has 0 aromatic heterocycles. The highest BCUT2D eigenvalue weighted by atomic mass is 16.5. The Bertz CT molecular complexity index is 349. The zero-order chi connectivity index (χ0) is 13.5. The van der Waals surface area contributed by atoms with Crippen LogP contribution in [0.25, 0.3) is 0 Å². The van der Waals surface area contributed by atoms with E-state index in [0.717, 1.165) is 18.7 Å². The molecule has 2 heteroatoms. The van der Waals surface area contributed by atoms with Crippen molar-refractivity contribution in [3.05, 3.63) is 29.8 Å². The molecule has 1 aromatic rings. The van der Waals surface area contributed by atoms with Crippen molar-refractivity contribution in [3.63, 3.8) is 0 Å². The SMILES string of the molecule is CC[C@@H](C)Oc1ccccc1[C@@H](C)NCC(C)C. The van der Waals surface area contributed by atoms with Crippen LogP contribution in [0.5, 0.6) is 5.75 Å². The van der Waals surface area contributed by atoms with E-state index in [9.17, 15) is 0 Å². The molecule has 1 aromatic carbocycles. The molecule has 0 heterocycles. The molecule has 0 spiro atoms. The molecule has 18 heavy (non-hydrogen) atoms. The predicted molar refractivity (Wildman–Crippen MR) is 78.1 cm³/mol. The average molecular weight is 249 g/mol. The zero-order valence-corrected chi connectivity index (χ0v) is 12.4. The second-order valence-corrected chi connectivity index (χ2v) is 5.40. The second-order valence-electron chi connectivity index (χ2n) is 5.40. The van der Waals surface area contributed by atoms with Gasteiger partial charge in [-0.05, 0) is 38.8 Å². The van der Waals surface area contributed by atoms with Gasteiger partial charge in [0.05, 0.1) is 6.10 Å². The average Bonchev–Trinajstić information content (AvgIpc) is 2.36. The Morgan fingerprint density at radius 2 is 1.78 bits per heavy atom. The maximum absolute atomic E-state index is 5.98. The number of hydrogen-bond acceptors (Lipinski definition) is 2. The molecule has 1 N–H and O–H groups in total. The minimum absolute atomic E-state index is 0.267. The molecule has 0 fully saturated rings. The summed E-state index contributed by atoms with van der Waals surface area (Å²) in [4.78, 5) is 0. The molecule has 1 rings (SSSR count). The molecular weight excluding hydrogens is 222 g/mol. The molecule has 0 unspecified atom stereocenters. The number of benzene rings is 1. The van der Waals surface area contributed by atoms with Crippen LogP contribution in [0.15, 0.2) is 24.3 Å². The molecule has 0 saturated carbocycles. The highest BCUT2D eigenvalue weighted by Gasteiger charge is 2.12. The highest BCUT2D eigenvalue weighted by molar-refractivity contribution is 5.35. The van der Waals surface area contributed by atoms with Gasteiger partial charge in [-0.15, -0.1) is 0 Å². The summed E-state index contributed by atoms with van der Waals surface area (Å²) < 4.78 is 5.98. The van der Waals surface area contributed by atoms with Crippen LogP contribution in [0.3, 0.4) is 0 Å². The van der Waals surface area contributed by atoms with Crippen molar-refractivity contribution >= 4 is 0 Å². The van der Waals surface area contributed by atoms with Crippen LogP contribution >= 0.6 is 0 Å². The maximum atomic E-state index is 5.98. The Morgan fingerprint density at radius 1 is 1.11 bits per heavy atom. The Kier molecular flexibility index (Phi) is 6.20. The molecule has 2 atom stereocenters. The van der Waals surface area contributed by atoms with Crippen LogP contribution in [0.4, 0.5) is 0 Å². The van der Waals surface area contributed by atoms with Gasteiger partial charge in [0.15, 0.2) is 0 Å². The molecule has 0 amide bonds. The highest BCUT2D eigenvalue weighted by Crippen LogP contribution is 2.26. The van der Waals surface area contributed by atoms with Gasteiger partial charge in [0.1, 0.15) is 5.75 Å². The van der Waals surface area contributed by atoms with Gasteiger partial charge in [-0.25, -0.2) is 0 Å². The van der Waals surface area contributed by atoms with E-state index >= 15 is 0 Å². The standard InChI is InChI=1S/C16H27NO/c1-6-13(4)18-16-10-8-7-9-15(16)14(5)17-11-12(2)3/h7-10,12-14,17H,6,11H2,1-5H3/t13-,14-/m1/s1. The Labute approximate surface area is 112 Å². The van der Waals surface area contributed by atoms with Crippen molar-refractivity contribution in [2.24, 2.45) is 5.92 Å². The van der Waals surface area contributed by atoms with Gasteiger partial charge in [-0.1, -0.05) is 39.0 Å². The van der Waals surface area contributed by atoms with Crippen LogP contribution in [0.2, 0.25) is 0 Å². The minimum atomic E-state index is 0.267. The van der Waals surface area contributed by atoms with E-state index in [4.69, 9.17) is 4.74 Å². The molecule has 0 aliphatic rings. The first kappa shape index (κ1) is 15.0. The van der Waals surface area contributed by atoms with Gasteiger partial charge < -0.3 is 10.1 Å². The lowest BCUT2D eigenvalue weighted by Crippen LogP contribution is -2.24. The van der Waals surface area contributed by atoms with Gasteiger partial charge >= 0.3 is 0 Å². The fraction of sp³-hybridized carbons (Fsp3) is 0.625. The Hall–Kier alpha value is -1.02. The number of nitrogens with one attached hydrogen (secondary N) is 1. The number of rotatable bonds is 7. The lowest BCUT2D eigenvalue weighted by Gasteiger charge is -2.21. The summed E-state index contributed by atoms with van der Waals surface area (Å²) in [5.41, 5.74) is 1.25. The lowest BCUT2D eigenvalue weighted by atomic mass is 10.1. The van der Waals surface area contributed by atoms with Crippen LogP contribution < -0.4 is 10.1 Å². The monoisotopic (exact) mass is 249 g/mol. The second kappa shape index (κ2) is 7.42. The minimum Gasteiger partial charge on any atom is -0.490 e. The lowest BCUT2D eigenvalue weighted by molar-refractivity contribution is 0.213. The Morgan fingerprint density at radius 3 is 2.39 bits per heavy atom. The van der Waals surface area contributed by atoms with Crippen LogP contribution in [-0.2, 0) is 0 Å². The molecule has 2 nitrogen and oxygen atoms in total. The van der Waals surface area contributed by atoms with E-state index in [2.05, 4.69) is 58.1 Å².